The molecule has 5 aliphatic rings. The second kappa shape index (κ2) is 9.15. The number of esters is 1. The number of hydrogen-bond acceptors (Lipinski definition) is 7. The molecule has 2 fully saturated rings. The van der Waals surface area contributed by atoms with Crippen LogP contribution in [-0.4, -0.2) is 69.9 Å². The zero-order chi connectivity index (χ0) is 23.9. The summed E-state index contributed by atoms with van der Waals surface area (Å²) in [5.41, 5.74) is -1.32. The molecular formula is C25H38N3O6+. The highest BCUT2D eigenvalue weighted by Crippen LogP contribution is 2.45. The number of carbonyl (C=O) groups is 2. The highest BCUT2D eigenvalue weighted by atomic mass is 16.6. The van der Waals surface area contributed by atoms with Gasteiger partial charge >= 0.3 is 17.9 Å². The Kier molecular flexibility index (Phi) is 6.35. The molecule has 9 heteroatoms. The SMILES string of the molecule is CC[C@H]1C=CCC[C@@]2(C[C@@H]3CC[C@@H]4[C@H](C(=O)OCCC(=O)O)[C@]5(CCC[C@@H](C)O5)NC(=[N+]34)N2)O1. The summed E-state index contributed by atoms with van der Waals surface area (Å²) in [4.78, 5) is 24.4. The predicted octanol–water partition coefficient (Wildman–Crippen LogP) is 2.24. The van der Waals surface area contributed by atoms with E-state index in [0.29, 0.717) is 6.42 Å². The van der Waals surface area contributed by atoms with E-state index >= 15 is 0 Å². The normalized spacial score (nSPS) is 40.9. The van der Waals surface area contributed by atoms with Gasteiger partial charge in [0.2, 0.25) is 5.72 Å². The monoisotopic (exact) mass is 476 g/mol. The average molecular weight is 477 g/mol. The molecule has 3 N–H and O–H groups in total. The molecule has 0 radical (unpaired) electrons. The maximum atomic E-state index is 13.4. The van der Waals surface area contributed by atoms with Gasteiger partial charge in [-0.3, -0.25) is 14.2 Å². The van der Waals surface area contributed by atoms with Crippen LogP contribution in [-0.2, 0) is 23.8 Å². The van der Waals surface area contributed by atoms with E-state index in [1.807, 2.05) is 6.92 Å². The van der Waals surface area contributed by atoms with Crippen LogP contribution in [0.3, 0.4) is 0 Å². The Morgan fingerprint density at radius 1 is 1.24 bits per heavy atom. The van der Waals surface area contributed by atoms with E-state index < -0.39 is 23.3 Å². The van der Waals surface area contributed by atoms with Crippen molar-refractivity contribution in [1.82, 2.24) is 10.6 Å². The molecule has 9 nitrogen and oxygen atoms in total. The van der Waals surface area contributed by atoms with E-state index in [4.69, 9.17) is 19.3 Å². The number of ether oxygens (including phenoxy) is 3. The number of aliphatic carboxylic acids is 1. The molecule has 2 spiro atoms. The number of carboxylic acids is 1. The number of guanidine groups is 1. The number of carboxylic acid groups (broad SMARTS) is 1. The van der Waals surface area contributed by atoms with Crippen molar-refractivity contribution in [3.63, 3.8) is 0 Å². The lowest BCUT2D eigenvalue weighted by atomic mass is 9.80. The fourth-order valence-corrected chi connectivity index (χ4v) is 6.72. The Morgan fingerprint density at radius 3 is 2.85 bits per heavy atom. The van der Waals surface area contributed by atoms with Gasteiger partial charge in [0.05, 0.1) is 30.7 Å². The van der Waals surface area contributed by atoms with Crippen LogP contribution in [0.1, 0.15) is 78.1 Å². The first-order valence-corrected chi connectivity index (χ1v) is 13.0. The molecule has 0 amide bonds. The summed E-state index contributed by atoms with van der Waals surface area (Å²) in [6, 6.07) is 0.205. The Morgan fingerprint density at radius 2 is 2.09 bits per heavy atom. The van der Waals surface area contributed by atoms with Gasteiger partial charge < -0.3 is 19.3 Å². The van der Waals surface area contributed by atoms with Gasteiger partial charge in [-0.15, -0.1) is 0 Å². The zero-order valence-corrected chi connectivity index (χ0v) is 20.3. The number of hydrogen-bond donors (Lipinski definition) is 3. The topological polar surface area (TPSA) is 109 Å². The number of rotatable bonds is 5. The maximum Gasteiger partial charge on any atom is 0.350 e. The molecule has 0 saturated carbocycles. The first-order chi connectivity index (χ1) is 16.3. The van der Waals surface area contributed by atoms with Crippen molar-refractivity contribution in [3.8, 4) is 0 Å². The summed E-state index contributed by atoms with van der Waals surface area (Å²) in [5.74, 6) is -0.959. The number of carbonyl (C=O) groups excluding carboxylic acids is 1. The van der Waals surface area contributed by atoms with E-state index in [9.17, 15) is 9.59 Å². The van der Waals surface area contributed by atoms with Gasteiger partial charge in [0.15, 0.2) is 11.6 Å². The third kappa shape index (κ3) is 4.21. The van der Waals surface area contributed by atoms with Crippen LogP contribution in [0, 0.1) is 5.92 Å². The molecule has 2 saturated heterocycles. The van der Waals surface area contributed by atoms with Gasteiger partial charge in [-0.25, -0.2) is 10.6 Å². The van der Waals surface area contributed by atoms with Crippen LogP contribution in [0.5, 0.6) is 0 Å². The van der Waals surface area contributed by atoms with Crippen molar-refractivity contribution in [3.05, 3.63) is 12.2 Å². The van der Waals surface area contributed by atoms with Crippen LogP contribution in [0.4, 0.5) is 0 Å². The van der Waals surface area contributed by atoms with Crippen molar-refractivity contribution in [2.24, 2.45) is 5.92 Å². The largest absolute Gasteiger partial charge is 0.481 e. The van der Waals surface area contributed by atoms with E-state index in [1.54, 1.807) is 0 Å². The Hall–Kier alpha value is -2.13. The van der Waals surface area contributed by atoms with Crippen molar-refractivity contribution in [2.75, 3.05) is 6.61 Å². The fourth-order valence-electron chi connectivity index (χ4n) is 6.72. The molecule has 5 heterocycles. The third-order valence-corrected chi connectivity index (χ3v) is 8.16. The van der Waals surface area contributed by atoms with Crippen LogP contribution >= 0.6 is 0 Å². The average Bonchev–Trinajstić information content (AvgIpc) is 3.08. The summed E-state index contributed by atoms with van der Waals surface area (Å²) in [7, 11) is 0. The first-order valence-electron chi connectivity index (χ1n) is 13.0. The summed E-state index contributed by atoms with van der Waals surface area (Å²) < 4.78 is 21.0. The predicted molar refractivity (Wildman–Crippen MR) is 123 cm³/mol. The second-order valence-corrected chi connectivity index (χ2v) is 10.5. The molecule has 0 aromatic rings. The minimum atomic E-state index is -0.975. The smallest absolute Gasteiger partial charge is 0.350 e. The van der Waals surface area contributed by atoms with Gasteiger partial charge in [-0.2, -0.15) is 0 Å². The summed E-state index contributed by atoms with van der Waals surface area (Å²) in [6.07, 6.45) is 12.4. The molecule has 0 aliphatic carbocycles. The van der Waals surface area contributed by atoms with E-state index in [-0.39, 0.29) is 43.3 Å². The first kappa shape index (κ1) is 23.6. The molecule has 0 bridgehead atoms. The third-order valence-electron chi connectivity index (χ3n) is 8.16. The molecule has 0 aromatic heterocycles. The minimum Gasteiger partial charge on any atom is -0.481 e. The Balaban J connectivity index is 1.47. The summed E-state index contributed by atoms with van der Waals surface area (Å²) >= 11 is 0. The highest BCUT2D eigenvalue weighted by Gasteiger charge is 2.64. The molecule has 0 aromatic carbocycles. The minimum absolute atomic E-state index is 0.0141. The second-order valence-electron chi connectivity index (χ2n) is 10.5. The van der Waals surface area contributed by atoms with Crippen LogP contribution in [0.15, 0.2) is 12.2 Å². The lowest BCUT2D eigenvalue weighted by Gasteiger charge is -2.50. The molecule has 0 unspecified atom stereocenters. The quantitative estimate of drug-likeness (QED) is 0.315. The number of allylic oxidation sites excluding steroid dienone is 1. The van der Waals surface area contributed by atoms with Crippen LogP contribution in [0.25, 0.3) is 0 Å². The molecule has 188 valence electrons. The van der Waals surface area contributed by atoms with Crippen molar-refractivity contribution in [2.45, 2.75) is 114 Å². The molecule has 5 aliphatic heterocycles. The fraction of sp³-hybridized carbons (Fsp3) is 0.800. The van der Waals surface area contributed by atoms with E-state index in [1.165, 1.54) is 0 Å². The maximum absolute atomic E-state index is 13.4. The number of nitrogens with zero attached hydrogens (tertiary/aromatic N) is 1. The Labute approximate surface area is 200 Å². The van der Waals surface area contributed by atoms with Crippen molar-refractivity contribution >= 4 is 17.9 Å². The van der Waals surface area contributed by atoms with E-state index in [0.717, 1.165) is 57.3 Å². The molecule has 5 rings (SSSR count). The van der Waals surface area contributed by atoms with Crippen LogP contribution in [0.2, 0.25) is 0 Å². The van der Waals surface area contributed by atoms with Gasteiger partial charge in [0.25, 0.3) is 0 Å². The van der Waals surface area contributed by atoms with Crippen LogP contribution < -0.4 is 10.6 Å². The standard InChI is InChI=1S/C25H37N3O6/c1-3-18-8-4-5-12-24(34-18)15-17-9-10-19-21(22(31)32-14-11-20(29)30)25(13-6-7-16(2)33-25)27-23(26-24)28(17)19/h4,8,16-19,21H,3,5-7,9-15H2,1-2H3,(H2,26,27,29,30)/p+1/t16-,17+,18+,19-,21-,24+,25-/m1/s1. The molecular weight excluding hydrogens is 438 g/mol. The van der Waals surface area contributed by atoms with Crippen molar-refractivity contribution < 1.29 is 33.5 Å². The Bertz CT molecular complexity index is 890. The lowest BCUT2D eigenvalue weighted by molar-refractivity contribution is -0.609. The molecule has 34 heavy (non-hydrogen) atoms. The summed E-state index contributed by atoms with van der Waals surface area (Å²) in [5, 5.41) is 16.4. The van der Waals surface area contributed by atoms with Crippen molar-refractivity contribution in [1.29, 1.82) is 0 Å². The van der Waals surface area contributed by atoms with Gasteiger partial charge in [0.1, 0.15) is 6.61 Å². The highest BCUT2D eigenvalue weighted by molar-refractivity contribution is 5.82. The van der Waals surface area contributed by atoms with E-state index in [2.05, 4.69) is 34.3 Å². The van der Waals surface area contributed by atoms with Gasteiger partial charge in [0, 0.05) is 19.3 Å². The van der Waals surface area contributed by atoms with Gasteiger partial charge in [-0.1, -0.05) is 19.1 Å². The zero-order valence-electron chi connectivity index (χ0n) is 20.3. The molecule has 7 atom stereocenters. The van der Waals surface area contributed by atoms with Gasteiger partial charge in [-0.05, 0) is 45.4 Å². The summed E-state index contributed by atoms with van der Waals surface area (Å²) in [6.45, 7) is 4.07. The lowest BCUT2D eigenvalue weighted by Crippen LogP contribution is -2.76. The number of nitrogens with one attached hydrogen (secondary N) is 2.